The van der Waals surface area contributed by atoms with E-state index >= 15 is 0 Å². The van der Waals surface area contributed by atoms with Crippen molar-refractivity contribution in [1.82, 2.24) is 10.6 Å². The summed E-state index contributed by atoms with van der Waals surface area (Å²) in [4.78, 5) is 11.8. The van der Waals surface area contributed by atoms with E-state index in [0.717, 1.165) is 11.5 Å². The van der Waals surface area contributed by atoms with E-state index in [1.165, 1.54) is 6.20 Å². The third-order valence-corrected chi connectivity index (χ3v) is 3.00. The molecule has 0 heterocycles. The predicted molar refractivity (Wildman–Crippen MR) is 89.7 cm³/mol. The number of carbonyl (C=O) groups is 1. The lowest BCUT2D eigenvalue weighted by atomic mass is 10.3. The SMILES string of the molecule is COCCCNC(=O)/C(C#N)=C\NCCOc1ccc(OC)cc1. The molecular weight excluding hydrogens is 310 g/mol. The summed E-state index contributed by atoms with van der Waals surface area (Å²) in [5.41, 5.74) is 0.0249. The molecule has 130 valence electrons. The molecule has 0 aromatic heterocycles. The molecular formula is C17H23N3O4. The number of rotatable bonds is 11. The molecule has 0 aliphatic heterocycles. The monoisotopic (exact) mass is 333 g/mol. The van der Waals surface area contributed by atoms with Gasteiger partial charge in [0, 0.05) is 33.0 Å². The Hall–Kier alpha value is -2.72. The molecule has 0 spiro atoms. The Morgan fingerprint density at radius 1 is 1.17 bits per heavy atom. The van der Waals surface area contributed by atoms with Crippen LogP contribution in [0.5, 0.6) is 11.5 Å². The molecule has 0 aliphatic carbocycles. The van der Waals surface area contributed by atoms with Crippen molar-refractivity contribution in [3.63, 3.8) is 0 Å². The van der Waals surface area contributed by atoms with E-state index in [0.29, 0.717) is 32.7 Å². The summed E-state index contributed by atoms with van der Waals surface area (Å²) in [6, 6.07) is 9.10. The molecule has 7 nitrogen and oxygen atoms in total. The number of carbonyl (C=O) groups excluding carboxylic acids is 1. The molecule has 0 radical (unpaired) electrons. The van der Waals surface area contributed by atoms with Gasteiger partial charge in [0.1, 0.15) is 29.7 Å². The van der Waals surface area contributed by atoms with E-state index in [1.807, 2.05) is 30.3 Å². The number of hydrogen-bond acceptors (Lipinski definition) is 6. The molecule has 0 atom stereocenters. The summed E-state index contributed by atoms with van der Waals surface area (Å²) in [5, 5.41) is 14.5. The standard InChI is InChI=1S/C17H23N3O4/c1-22-10-3-8-20-17(21)14(12-18)13-19-9-11-24-16-6-4-15(23-2)5-7-16/h4-7,13,19H,3,8-11H2,1-2H3,(H,20,21)/b14-13-. The lowest BCUT2D eigenvalue weighted by molar-refractivity contribution is -0.117. The number of nitriles is 1. The lowest BCUT2D eigenvalue weighted by Gasteiger charge is -2.07. The second kappa shape index (κ2) is 11.8. The minimum Gasteiger partial charge on any atom is -0.497 e. The van der Waals surface area contributed by atoms with Crippen molar-refractivity contribution >= 4 is 5.91 Å². The quantitative estimate of drug-likeness (QED) is 0.359. The molecule has 2 N–H and O–H groups in total. The highest BCUT2D eigenvalue weighted by Crippen LogP contribution is 2.16. The maximum Gasteiger partial charge on any atom is 0.263 e. The van der Waals surface area contributed by atoms with Crippen molar-refractivity contribution in [2.75, 3.05) is 40.5 Å². The van der Waals surface area contributed by atoms with Crippen LogP contribution in [0.15, 0.2) is 36.0 Å². The van der Waals surface area contributed by atoms with Gasteiger partial charge in [0.2, 0.25) is 0 Å². The number of nitrogens with zero attached hydrogens (tertiary/aromatic N) is 1. The van der Waals surface area contributed by atoms with Crippen LogP contribution >= 0.6 is 0 Å². The highest BCUT2D eigenvalue weighted by atomic mass is 16.5. The fourth-order valence-corrected chi connectivity index (χ4v) is 1.74. The van der Waals surface area contributed by atoms with Crippen molar-refractivity contribution in [1.29, 1.82) is 5.26 Å². The van der Waals surface area contributed by atoms with Crippen LogP contribution in [0.2, 0.25) is 0 Å². The van der Waals surface area contributed by atoms with E-state index in [-0.39, 0.29) is 5.57 Å². The average Bonchev–Trinajstić information content (AvgIpc) is 2.62. The minimum atomic E-state index is -0.405. The number of ether oxygens (including phenoxy) is 3. The number of nitrogens with one attached hydrogen (secondary N) is 2. The highest BCUT2D eigenvalue weighted by molar-refractivity contribution is 5.97. The first-order valence-corrected chi connectivity index (χ1v) is 7.59. The van der Waals surface area contributed by atoms with Crippen LogP contribution in [0.4, 0.5) is 0 Å². The van der Waals surface area contributed by atoms with E-state index < -0.39 is 5.91 Å². The molecule has 1 amide bonds. The number of benzene rings is 1. The molecule has 0 saturated heterocycles. The van der Waals surface area contributed by atoms with Crippen molar-refractivity contribution in [2.24, 2.45) is 0 Å². The molecule has 0 aliphatic rings. The van der Waals surface area contributed by atoms with Crippen molar-refractivity contribution < 1.29 is 19.0 Å². The Bertz CT molecular complexity index is 564. The molecule has 0 unspecified atom stereocenters. The molecule has 24 heavy (non-hydrogen) atoms. The van der Waals surface area contributed by atoms with Gasteiger partial charge in [0.05, 0.1) is 7.11 Å². The van der Waals surface area contributed by atoms with Gasteiger partial charge >= 0.3 is 0 Å². The summed E-state index contributed by atoms with van der Waals surface area (Å²) in [6.45, 7) is 1.89. The zero-order valence-electron chi connectivity index (χ0n) is 14.0. The van der Waals surface area contributed by atoms with Gasteiger partial charge in [-0.2, -0.15) is 5.26 Å². The molecule has 0 bridgehead atoms. The first-order chi connectivity index (χ1) is 11.7. The second-order valence-corrected chi connectivity index (χ2v) is 4.75. The first kappa shape index (κ1) is 19.3. The van der Waals surface area contributed by atoms with Crippen LogP contribution in [0.1, 0.15) is 6.42 Å². The summed E-state index contributed by atoms with van der Waals surface area (Å²) in [7, 11) is 3.20. The van der Waals surface area contributed by atoms with Crippen LogP contribution in [-0.4, -0.2) is 46.4 Å². The topological polar surface area (TPSA) is 92.6 Å². The maximum absolute atomic E-state index is 11.8. The highest BCUT2D eigenvalue weighted by Gasteiger charge is 2.07. The number of amides is 1. The zero-order valence-corrected chi connectivity index (χ0v) is 14.0. The lowest BCUT2D eigenvalue weighted by Crippen LogP contribution is -2.27. The fourth-order valence-electron chi connectivity index (χ4n) is 1.74. The van der Waals surface area contributed by atoms with Gasteiger partial charge in [-0.3, -0.25) is 4.79 Å². The molecule has 1 aromatic rings. The summed E-state index contributed by atoms with van der Waals surface area (Å²) < 4.78 is 15.5. The smallest absolute Gasteiger partial charge is 0.263 e. The van der Waals surface area contributed by atoms with E-state index in [2.05, 4.69) is 10.6 Å². The van der Waals surface area contributed by atoms with Gasteiger partial charge in [-0.1, -0.05) is 0 Å². The second-order valence-electron chi connectivity index (χ2n) is 4.75. The Kier molecular flexibility index (Phi) is 9.50. The van der Waals surface area contributed by atoms with Gasteiger partial charge < -0.3 is 24.8 Å². The maximum atomic E-state index is 11.8. The van der Waals surface area contributed by atoms with E-state index in [1.54, 1.807) is 14.2 Å². The van der Waals surface area contributed by atoms with E-state index in [9.17, 15) is 4.79 Å². The Morgan fingerprint density at radius 3 is 2.50 bits per heavy atom. The predicted octanol–water partition coefficient (Wildman–Crippen LogP) is 1.22. The molecule has 0 fully saturated rings. The van der Waals surface area contributed by atoms with Crippen LogP contribution in [0.25, 0.3) is 0 Å². The largest absolute Gasteiger partial charge is 0.497 e. The number of methoxy groups -OCH3 is 2. The van der Waals surface area contributed by atoms with Crippen molar-refractivity contribution in [3.8, 4) is 17.6 Å². The van der Waals surface area contributed by atoms with Gasteiger partial charge in [-0.15, -0.1) is 0 Å². The van der Waals surface area contributed by atoms with Crippen LogP contribution in [0, 0.1) is 11.3 Å². The van der Waals surface area contributed by atoms with Crippen LogP contribution in [0.3, 0.4) is 0 Å². The summed E-state index contributed by atoms with van der Waals surface area (Å²) in [5.74, 6) is 1.08. The van der Waals surface area contributed by atoms with Crippen LogP contribution in [-0.2, 0) is 9.53 Å². The molecule has 0 saturated carbocycles. The molecule has 1 aromatic carbocycles. The van der Waals surface area contributed by atoms with E-state index in [4.69, 9.17) is 19.5 Å². The first-order valence-electron chi connectivity index (χ1n) is 7.59. The number of hydrogen-bond donors (Lipinski definition) is 2. The Balaban J connectivity index is 2.27. The van der Waals surface area contributed by atoms with Crippen molar-refractivity contribution in [3.05, 3.63) is 36.0 Å². The summed E-state index contributed by atoms with van der Waals surface area (Å²) in [6.07, 6.45) is 2.09. The summed E-state index contributed by atoms with van der Waals surface area (Å²) >= 11 is 0. The van der Waals surface area contributed by atoms with Crippen LogP contribution < -0.4 is 20.1 Å². The van der Waals surface area contributed by atoms with Crippen molar-refractivity contribution in [2.45, 2.75) is 6.42 Å². The van der Waals surface area contributed by atoms with Gasteiger partial charge in [-0.05, 0) is 30.7 Å². The molecule has 1 rings (SSSR count). The average molecular weight is 333 g/mol. The minimum absolute atomic E-state index is 0.0249. The Morgan fingerprint density at radius 2 is 1.88 bits per heavy atom. The zero-order chi connectivity index (χ0) is 17.6. The van der Waals surface area contributed by atoms with Gasteiger partial charge in [-0.25, -0.2) is 0 Å². The third-order valence-electron chi connectivity index (χ3n) is 3.00. The normalized spacial score (nSPS) is 10.6. The van der Waals surface area contributed by atoms with Gasteiger partial charge in [0.25, 0.3) is 5.91 Å². The Labute approximate surface area is 142 Å². The van der Waals surface area contributed by atoms with Gasteiger partial charge in [0.15, 0.2) is 0 Å². The molecule has 7 heteroatoms. The fraction of sp³-hybridized carbons (Fsp3) is 0.412. The third kappa shape index (κ3) is 7.51.